The molecule has 7 nitrogen and oxygen atoms in total. The number of anilines is 1. The smallest absolute Gasteiger partial charge is 0.419 e. The third-order valence-electron chi connectivity index (χ3n) is 3.98. The molecule has 0 spiro atoms. The van der Waals surface area contributed by atoms with Gasteiger partial charge in [0, 0.05) is 12.6 Å². The predicted molar refractivity (Wildman–Crippen MR) is 95.6 cm³/mol. The molecule has 0 saturated heterocycles. The summed E-state index contributed by atoms with van der Waals surface area (Å²) in [7, 11) is 0. The van der Waals surface area contributed by atoms with Gasteiger partial charge in [0.25, 0.3) is 5.91 Å². The van der Waals surface area contributed by atoms with Crippen LogP contribution in [-0.2, 0) is 20.9 Å². The van der Waals surface area contributed by atoms with Crippen molar-refractivity contribution in [2.75, 3.05) is 5.32 Å². The van der Waals surface area contributed by atoms with Crippen LogP contribution in [0.5, 0.6) is 0 Å². The summed E-state index contributed by atoms with van der Waals surface area (Å²) in [5.41, 5.74) is 0.707. The highest BCUT2D eigenvalue weighted by Gasteiger charge is 2.20. The number of carbonyl (C=O) groups excluding carboxylic acids is 2. The second kappa shape index (κ2) is 8.03. The minimum absolute atomic E-state index is 0.00953. The number of carbonyl (C=O) groups is 2. The Kier molecular flexibility index (Phi) is 5.53. The molecule has 0 aliphatic carbocycles. The molecule has 0 aliphatic rings. The average molecular weight is 390 g/mol. The predicted octanol–water partition coefficient (Wildman–Crippen LogP) is 2.83. The number of nitrogens with one attached hydrogen (secondary N) is 1. The van der Waals surface area contributed by atoms with Crippen molar-refractivity contribution in [3.63, 3.8) is 0 Å². The van der Waals surface area contributed by atoms with Gasteiger partial charge in [-0.2, -0.15) is 0 Å². The van der Waals surface area contributed by atoms with Crippen molar-refractivity contribution in [3.05, 3.63) is 64.6 Å². The standard InChI is InChI=1S/C19H16F2N2O5/c1-11(18(25)22-14-7-6-12(20)10-13(14)21)27-17(24)8-9-23-15-4-2-3-5-16(15)28-19(23)26/h2-7,10-11H,8-9H2,1H3,(H,22,25)/t11-/m0/s1. The van der Waals surface area contributed by atoms with Crippen LogP contribution in [0, 0.1) is 11.6 Å². The number of benzene rings is 2. The van der Waals surface area contributed by atoms with Gasteiger partial charge in [-0.15, -0.1) is 0 Å². The monoisotopic (exact) mass is 390 g/mol. The van der Waals surface area contributed by atoms with Crippen molar-refractivity contribution >= 4 is 28.7 Å². The Bertz CT molecular complexity index is 1090. The summed E-state index contributed by atoms with van der Waals surface area (Å²) < 4.78 is 37.8. The Morgan fingerprint density at radius 2 is 1.96 bits per heavy atom. The summed E-state index contributed by atoms with van der Waals surface area (Å²) in [6.07, 6.45) is -1.39. The van der Waals surface area contributed by atoms with Crippen molar-refractivity contribution < 1.29 is 27.5 Å². The first-order valence-electron chi connectivity index (χ1n) is 8.39. The van der Waals surface area contributed by atoms with Gasteiger partial charge in [0.2, 0.25) is 0 Å². The number of fused-ring (bicyclic) bond motifs is 1. The third kappa shape index (κ3) is 4.25. The topological polar surface area (TPSA) is 90.5 Å². The highest BCUT2D eigenvalue weighted by Crippen LogP contribution is 2.16. The van der Waals surface area contributed by atoms with E-state index in [1.165, 1.54) is 11.5 Å². The van der Waals surface area contributed by atoms with Crippen LogP contribution in [0.4, 0.5) is 14.5 Å². The number of halogens is 2. The van der Waals surface area contributed by atoms with E-state index in [1.807, 2.05) is 0 Å². The summed E-state index contributed by atoms with van der Waals surface area (Å²) in [6.45, 7) is 1.32. The zero-order valence-electron chi connectivity index (χ0n) is 14.8. The molecule has 146 valence electrons. The summed E-state index contributed by atoms with van der Waals surface area (Å²) in [5, 5.41) is 2.22. The number of oxazole rings is 1. The van der Waals surface area contributed by atoms with Crippen LogP contribution in [0.25, 0.3) is 11.1 Å². The lowest BCUT2D eigenvalue weighted by Gasteiger charge is -2.14. The zero-order chi connectivity index (χ0) is 20.3. The van der Waals surface area contributed by atoms with E-state index in [1.54, 1.807) is 24.3 Å². The maximum atomic E-state index is 13.6. The third-order valence-corrected chi connectivity index (χ3v) is 3.98. The molecule has 1 N–H and O–H groups in total. The molecule has 9 heteroatoms. The first-order valence-corrected chi connectivity index (χ1v) is 8.39. The molecule has 3 rings (SSSR count). The Labute approximate surface area is 157 Å². The van der Waals surface area contributed by atoms with Crippen LogP contribution >= 0.6 is 0 Å². The van der Waals surface area contributed by atoms with Gasteiger partial charge in [-0.05, 0) is 31.2 Å². The Hall–Kier alpha value is -3.49. The minimum atomic E-state index is -1.21. The maximum absolute atomic E-state index is 13.6. The van der Waals surface area contributed by atoms with Crippen molar-refractivity contribution in [3.8, 4) is 0 Å². The largest absolute Gasteiger partial charge is 0.452 e. The number of ether oxygens (including phenoxy) is 1. The number of rotatable bonds is 6. The first-order chi connectivity index (χ1) is 13.3. The summed E-state index contributed by atoms with van der Waals surface area (Å²) in [4.78, 5) is 35.9. The summed E-state index contributed by atoms with van der Waals surface area (Å²) in [5.74, 6) is -3.83. The molecule has 0 aliphatic heterocycles. The molecule has 1 aromatic heterocycles. The number of hydrogen-bond acceptors (Lipinski definition) is 5. The number of hydrogen-bond donors (Lipinski definition) is 1. The minimum Gasteiger partial charge on any atom is -0.452 e. The molecular formula is C19H16F2N2O5. The van der Waals surface area contributed by atoms with Crippen molar-refractivity contribution in [2.24, 2.45) is 0 Å². The first kappa shape index (κ1) is 19.3. The van der Waals surface area contributed by atoms with Gasteiger partial charge in [-0.3, -0.25) is 14.2 Å². The fraction of sp³-hybridized carbons (Fsp3) is 0.211. The molecule has 1 atom stereocenters. The van der Waals surface area contributed by atoms with E-state index in [0.29, 0.717) is 17.2 Å². The molecule has 0 unspecified atom stereocenters. The van der Waals surface area contributed by atoms with Crippen molar-refractivity contribution in [1.29, 1.82) is 0 Å². The second-order valence-electron chi connectivity index (χ2n) is 5.98. The highest BCUT2D eigenvalue weighted by molar-refractivity contribution is 5.95. The van der Waals surface area contributed by atoms with E-state index in [-0.39, 0.29) is 18.7 Å². The molecule has 1 amide bonds. The van der Waals surface area contributed by atoms with Crippen molar-refractivity contribution in [1.82, 2.24) is 4.57 Å². The number of aryl methyl sites for hydroxylation is 1. The summed E-state index contributed by atoms with van der Waals surface area (Å²) in [6, 6.07) is 9.43. The zero-order valence-corrected chi connectivity index (χ0v) is 14.8. The molecule has 0 bridgehead atoms. The van der Waals surface area contributed by atoms with Gasteiger partial charge in [0.15, 0.2) is 11.7 Å². The normalized spacial score (nSPS) is 12.0. The number of nitrogens with zero attached hydrogens (tertiary/aromatic N) is 1. The number of para-hydroxylation sites is 2. The molecule has 0 radical (unpaired) electrons. The molecule has 2 aromatic carbocycles. The van der Waals surface area contributed by atoms with E-state index in [9.17, 15) is 23.2 Å². The Morgan fingerprint density at radius 1 is 1.21 bits per heavy atom. The molecule has 28 heavy (non-hydrogen) atoms. The Balaban J connectivity index is 1.57. The number of amides is 1. The van der Waals surface area contributed by atoms with Gasteiger partial charge in [-0.1, -0.05) is 12.1 Å². The summed E-state index contributed by atoms with van der Waals surface area (Å²) >= 11 is 0. The fourth-order valence-electron chi connectivity index (χ4n) is 2.56. The van der Waals surface area contributed by atoms with Crippen LogP contribution in [0.3, 0.4) is 0 Å². The van der Waals surface area contributed by atoms with Crippen LogP contribution in [0.1, 0.15) is 13.3 Å². The quantitative estimate of drug-likeness (QED) is 0.654. The molecule has 3 aromatic rings. The van der Waals surface area contributed by atoms with E-state index in [2.05, 4.69) is 5.32 Å². The number of esters is 1. The van der Waals surface area contributed by atoms with Crippen molar-refractivity contribution in [2.45, 2.75) is 26.0 Å². The number of aromatic nitrogens is 1. The molecule has 0 saturated carbocycles. The van der Waals surface area contributed by atoms with Crippen LogP contribution in [-0.4, -0.2) is 22.5 Å². The lowest BCUT2D eigenvalue weighted by molar-refractivity contribution is -0.153. The Morgan fingerprint density at radius 3 is 2.71 bits per heavy atom. The fourth-order valence-corrected chi connectivity index (χ4v) is 2.56. The highest BCUT2D eigenvalue weighted by atomic mass is 19.1. The average Bonchev–Trinajstić information content (AvgIpc) is 2.97. The van der Waals surface area contributed by atoms with Gasteiger partial charge in [0.1, 0.15) is 11.6 Å². The van der Waals surface area contributed by atoms with E-state index >= 15 is 0 Å². The van der Waals surface area contributed by atoms with Gasteiger partial charge in [0.05, 0.1) is 17.6 Å². The van der Waals surface area contributed by atoms with Gasteiger partial charge >= 0.3 is 11.7 Å². The van der Waals surface area contributed by atoms with E-state index < -0.39 is 35.4 Å². The van der Waals surface area contributed by atoms with E-state index in [4.69, 9.17) is 9.15 Å². The molecule has 0 fully saturated rings. The van der Waals surface area contributed by atoms with Crippen LogP contribution in [0.2, 0.25) is 0 Å². The second-order valence-corrected chi connectivity index (χ2v) is 5.98. The maximum Gasteiger partial charge on any atom is 0.419 e. The molecular weight excluding hydrogens is 374 g/mol. The SMILES string of the molecule is C[C@H](OC(=O)CCn1c(=O)oc2ccccc21)C(=O)Nc1ccc(F)cc1F. The van der Waals surface area contributed by atoms with Gasteiger partial charge < -0.3 is 14.5 Å². The molecule has 1 heterocycles. The van der Waals surface area contributed by atoms with E-state index in [0.717, 1.165) is 12.1 Å². The van der Waals surface area contributed by atoms with Gasteiger partial charge in [-0.25, -0.2) is 13.6 Å². The van der Waals surface area contributed by atoms with Crippen LogP contribution < -0.4 is 11.1 Å². The van der Waals surface area contributed by atoms with Crippen LogP contribution in [0.15, 0.2) is 51.7 Å². The lowest BCUT2D eigenvalue weighted by atomic mass is 10.2. The lowest BCUT2D eigenvalue weighted by Crippen LogP contribution is -2.30.